The fourth-order valence-corrected chi connectivity index (χ4v) is 4.12. The zero-order valence-electron chi connectivity index (χ0n) is 16.3. The first kappa shape index (κ1) is 16.8. The summed E-state index contributed by atoms with van der Waals surface area (Å²) in [7, 11) is 1.79. The fraction of sp³-hybridized carbons (Fsp3) is 0.0400. The Balaban J connectivity index is 1.63. The van der Waals surface area contributed by atoms with Gasteiger partial charge in [-0.3, -0.25) is 9.36 Å². The highest BCUT2D eigenvalue weighted by Gasteiger charge is 2.14. The molecule has 6 rings (SSSR count). The molecular weight excluding hydrogens is 372 g/mol. The van der Waals surface area contributed by atoms with Crippen molar-refractivity contribution in [3.63, 3.8) is 0 Å². The second-order valence-corrected chi connectivity index (χ2v) is 7.54. The van der Waals surface area contributed by atoms with Crippen LogP contribution < -0.4 is 5.56 Å². The van der Waals surface area contributed by atoms with Crippen LogP contribution in [-0.4, -0.2) is 19.2 Å². The quantitative estimate of drug-likeness (QED) is 0.452. The van der Waals surface area contributed by atoms with E-state index in [0.29, 0.717) is 5.39 Å². The van der Waals surface area contributed by atoms with Crippen molar-refractivity contribution in [2.75, 3.05) is 0 Å². The lowest BCUT2D eigenvalue weighted by Crippen LogP contribution is -2.19. The summed E-state index contributed by atoms with van der Waals surface area (Å²) in [6.07, 6.45) is 1.94. The number of benzene rings is 3. The molecule has 0 aliphatic heterocycles. The summed E-state index contributed by atoms with van der Waals surface area (Å²) in [5.74, 6) is 0. The molecule has 3 heterocycles. The number of hydrogen-bond acceptors (Lipinski definition) is 2. The van der Waals surface area contributed by atoms with E-state index in [4.69, 9.17) is 5.10 Å². The molecule has 1 N–H and O–H groups in total. The second-order valence-electron chi connectivity index (χ2n) is 7.54. The maximum Gasteiger partial charge on any atom is 0.261 e. The summed E-state index contributed by atoms with van der Waals surface area (Å²) in [5, 5.41) is 6.67. The number of hydrogen-bond donors (Lipinski definition) is 1. The lowest BCUT2D eigenvalue weighted by Gasteiger charge is -2.09. The number of nitrogens with one attached hydrogen (secondary N) is 1. The van der Waals surface area contributed by atoms with Gasteiger partial charge in [-0.05, 0) is 40.8 Å². The molecule has 0 aliphatic rings. The van der Waals surface area contributed by atoms with Crippen molar-refractivity contribution in [2.24, 2.45) is 7.05 Å². The summed E-state index contributed by atoms with van der Waals surface area (Å²) in [6, 6.07) is 26.3. The second kappa shape index (κ2) is 6.19. The fourth-order valence-electron chi connectivity index (χ4n) is 4.12. The van der Waals surface area contributed by atoms with Crippen molar-refractivity contribution >= 4 is 27.5 Å². The van der Waals surface area contributed by atoms with Gasteiger partial charge in [0, 0.05) is 30.4 Å². The smallest absolute Gasteiger partial charge is 0.261 e. The Morgan fingerprint density at radius 2 is 1.63 bits per heavy atom. The van der Waals surface area contributed by atoms with Gasteiger partial charge < -0.3 is 4.98 Å². The topological polar surface area (TPSA) is 55.1 Å². The Bertz CT molecular complexity index is 1620. The highest BCUT2D eigenvalue weighted by atomic mass is 16.1. The minimum atomic E-state index is -0.0246. The first-order valence-corrected chi connectivity index (χ1v) is 9.84. The van der Waals surface area contributed by atoms with E-state index in [2.05, 4.69) is 35.3 Å². The first-order chi connectivity index (χ1) is 14.7. The third kappa shape index (κ3) is 2.42. The standard InChI is InChI=1S/C25H18N4O/c1-28-24-15-22(16-5-3-2-4-6-16)27-29(24)23-14-19(9-10-20(23)25(28)30)18-8-7-17-11-12-26-21(17)13-18/h2-15,26H,1H3. The molecule has 30 heavy (non-hydrogen) atoms. The molecule has 6 aromatic rings. The summed E-state index contributed by atoms with van der Waals surface area (Å²) < 4.78 is 3.53. The monoisotopic (exact) mass is 390 g/mol. The van der Waals surface area contributed by atoms with Crippen LogP contribution in [0.2, 0.25) is 0 Å². The molecule has 5 nitrogen and oxygen atoms in total. The molecule has 5 heteroatoms. The van der Waals surface area contributed by atoms with Crippen LogP contribution in [-0.2, 0) is 7.05 Å². The molecule has 0 aliphatic carbocycles. The molecule has 0 saturated carbocycles. The Morgan fingerprint density at radius 3 is 2.50 bits per heavy atom. The number of aromatic nitrogens is 4. The van der Waals surface area contributed by atoms with Gasteiger partial charge >= 0.3 is 0 Å². The highest BCUT2D eigenvalue weighted by molar-refractivity contribution is 5.89. The molecule has 0 atom stereocenters. The van der Waals surface area contributed by atoms with Gasteiger partial charge in [0.05, 0.1) is 16.6 Å². The molecule has 3 aromatic heterocycles. The van der Waals surface area contributed by atoms with Gasteiger partial charge in [0.25, 0.3) is 5.56 Å². The zero-order chi connectivity index (χ0) is 20.2. The van der Waals surface area contributed by atoms with Gasteiger partial charge in [-0.15, -0.1) is 0 Å². The predicted molar refractivity (Wildman–Crippen MR) is 121 cm³/mol. The summed E-state index contributed by atoms with van der Waals surface area (Å²) in [5.41, 5.74) is 6.64. The molecule has 0 fully saturated rings. The Hall–Kier alpha value is -4.12. The number of rotatable bonds is 2. The van der Waals surface area contributed by atoms with Gasteiger partial charge in [-0.2, -0.15) is 5.10 Å². The molecule has 0 amide bonds. The van der Waals surface area contributed by atoms with E-state index in [1.165, 1.54) is 5.39 Å². The number of aryl methyl sites for hydroxylation is 1. The first-order valence-electron chi connectivity index (χ1n) is 9.84. The number of fused-ring (bicyclic) bond motifs is 4. The van der Waals surface area contributed by atoms with Crippen LogP contribution in [0.5, 0.6) is 0 Å². The van der Waals surface area contributed by atoms with Gasteiger partial charge in [0.2, 0.25) is 0 Å². The number of H-pyrrole nitrogens is 1. The van der Waals surface area contributed by atoms with Crippen molar-refractivity contribution in [1.82, 2.24) is 19.2 Å². The van der Waals surface area contributed by atoms with E-state index < -0.39 is 0 Å². The van der Waals surface area contributed by atoms with Crippen LogP contribution in [0, 0.1) is 0 Å². The normalized spacial score (nSPS) is 11.6. The minimum Gasteiger partial charge on any atom is -0.361 e. The predicted octanol–water partition coefficient (Wildman–Crippen LogP) is 5.00. The third-order valence-corrected chi connectivity index (χ3v) is 5.75. The Labute approximate surface area is 171 Å². The van der Waals surface area contributed by atoms with Crippen molar-refractivity contribution in [3.05, 3.63) is 95.4 Å². The third-order valence-electron chi connectivity index (χ3n) is 5.75. The van der Waals surface area contributed by atoms with Crippen molar-refractivity contribution in [2.45, 2.75) is 0 Å². The molecular formula is C25H18N4O. The van der Waals surface area contributed by atoms with Crippen LogP contribution in [0.4, 0.5) is 0 Å². The molecule has 0 bridgehead atoms. The maximum atomic E-state index is 13.0. The molecule has 0 spiro atoms. The SMILES string of the molecule is Cn1c(=O)c2ccc(-c3ccc4cc[nH]c4c3)cc2n2nc(-c3ccccc3)cc12. The number of aromatic amines is 1. The van der Waals surface area contributed by atoms with E-state index in [0.717, 1.165) is 39.1 Å². The average Bonchev–Trinajstić information content (AvgIpc) is 3.45. The van der Waals surface area contributed by atoms with E-state index in [-0.39, 0.29) is 5.56 Å². The van der Waals surface area contributed by atoms with Crippen molar-refractivity contribution in [1.29, 1.82) is 0 Å². The molecule has 0 saturated heterocycles. The van der Waals surface area contributed by atoms with Crippen molar-refractivity contribution in [3.8, 4) is 22.4 Å². The van der Waals surface area contributed by atoms with Crippen LogP contribution in [0.15, 0.2) is 89.9 Å². The van der Waals surface area contributed by atoms with Gasteiger partial charge in [-0.1, -0.05) is 48.5 Å². The van der Waals surface area contributed by atoms with E-state index >= 15 is 0 Å². The summed E-state index contributed by atoms with van der Waals surface area (Å²) in [4.78, 5) is 16.3. The largest absolute Gasteiger partial charge is 0.361 e. The molecule has 0 unspecified atom stereocenters. The van der Waals surface area contributed by atoms with Gasteiger partial charge in [0.15, 0.2) is 0 Å². The maximum absolute atomic E-state index is 13.0. The van der Waals surface area contributed by atoms with Crippen LogP contribution in [0.25, 0.3) is 49.8 Å². The van der Waals surface area contributed by atoms with E-state index in [1.807, 2.05) is 59.2 Å². The summed E-state index contributed by atoms with van der Waals surface area (Å²) in [6.45, 7) is 0. The highest BCUT2D eigenvalue weighted by Crippen LogP contribution is 2.28. The van der Waals surface area contributed by atoms with Crippen LogP contribution in [0.3, 0.4) is 0 Å². The van der Waals surface area contributed by atoms with E-state index in [9.17, 15) is 4.79 Å². The summed E-state index contributed by atoms with van der Waals surface area (Å²) >= 11 is 0. The van der Waals surface area contributed by atoms with Gasteiger partial charge in [-0.25, -0.2) is 4.52 Å². The molecule has 3 aromatic carbocycles. The zero-order valence-corrected chi connectivity index (χ0v) is 16.3. The van der Waals surface area contributed by atoms with E-state index in [1.54, 1.807) is 11.6 Å². The van der Waals surface area contributed by atoms with Crippen molar-refractivity contribution < 1.29 is 0 Å². The Morgan fingerprint density at radius 1 is 0.833 bits per heavy atom. The molecule has 0 radical (unpaired) electrons. The Kier molecular flexibility index (Phi) is 3.47. The van der Waals surface area contributed by atoms with Crippen LogP contribution >= 0.6 is 0 Å². The lowest BCUT2D eigenvalue weighted by molar-refractivity contribution is 0.850. The number of nitrogens with zero attached hydrogens (tertiary/aromatic N) is 3. The van der Waals surface area contributed by atoms with Gasteiger partial charge in [0.1, 0.15) is 5.65 Å². The van der Waals surface area contributed by atoms with Crippen LogP contribution in [0.1, 0.15) is 0 Å². The lowest BCUT2D eigenvalue weighted by atomic mass is 10.0. The average molecular weight is 390 g/mol. The molecule has 144 valence electrons. The minimum absolute atomic E-state index is 0.0246.